The first-order chi connectivity index (χ1) is 10.1. The molecule has 6 heteroatoms. The fourth-order valence-corrected chi connectivity index (χ4v) is 3.09. The molecule has 0 bridgehead atoms. The first kappa shape index (κ1) is 14.3. The third kappa shape index (κ3) is 3.01. The van der Waals surface area contributed by atoms with Crippen LogP contribution in [0.15, 0.2) is 18.2 Å². The van der Waals surface area contributed by atoms with Gasteiger partial charge in [-0.3, -0.25) is 4.79 Å². The number of nitrogens with one attached hydrogen (secondary N) is 1. The number of piperidine rings is 1. The van der Waals surface area contributed by atoms with Gasteiger partial charge in [0.25, 0.3) is 5.91 Å². The van der Waals surface area contributed by atoms with Crippen LogP contribution in [-0.4, -0.2) is 37.3 Å². The van der Waals surface area contributed by atoms with Gasteiger partial charge in [0.15, 0.2) is 0 Å². The number of carbonyl (C=O) groups is 1. The van der Waals surface area contributed by atoms with Gasteiger partial charge in [0.1, 0.15) is 17.7 Å². The molecule has 1 amide bonds. The molecule has 1 spiro atoms. The summed E-state index contributed by atoms with van der Waals surface area (Å²) in [5.41, 5.74) is 5.22. The molecule has 1 atom stereocenters. The van der Waals surface area contributed by atoms with Crippen molar-refractivity contribution in [1.82, 2.24) is 5.32 Å². The van der Waals surface area contributed by atoms with Crippen LogP contribution in [-0.2, 0) is 4.74 Å². The monoisotopic (exact) mass is 294 g/mol. The van der Waals surface area contributed by atoms with Gasteiger partial charge in [-0.2, -0.15) is 0 Å². The summed E-state index contributed by atoms with van der Waals surface area (Å²) in [5.74, 6) is -0.878. The van der Waals surface area contributed by atoms with Crippen LogP contribution in [0.5, 0.6) is 5.75 Å². The van der Waals surface area contributed by atoms with Crippen molar-refractivity contribution in [1.29, 1.82) is 0 Å². The Balaban J connectivity index is 1.72. The van der Waals surface area contributed by atoms with Crippen molar-refractivity contribution in [3.63, 3.8) is 0 Å². The van der Waals surface area contributed by atoms with E-state index in [-0.39, 0.29) is 17.3 Å². The second kappa shape index (κ2) is 5.61. The van der Waals surface area contributed by atoms with Crippen molar-refractivity contribution >= 4 is 5.91 Å². The topological polar surface area (TPSA) is 73.6 Å². The van der Waals surface area contributed by atoms with Gasteiger partial charge in [0.05, 0.1) is 17.8 Å². The molecule has 1 unspecified atom stereocenters. The molecule has 1 aromatic carbocycles. The van der Waals surface area contributed by atoms with Crippen molar-refractivity contribution in [2.45, 2.75) is 31.0 Å². The lowest BCUT2D eigenvalue weighted by molar-refractivity contribution is -0.0205. The third-order valence-electron chi connectivity index (χ3n) is 4.19. The zero-order chi connectivity index (χ0) is 14.9. The molecular weight excluding hydrogens is 275 g/mol. The number of primary amides is 1. The molecule has 2 aliphatic rings. The molecule has 2 saturated heterocycles. The number of rotatable bonds is 3. The molecule has 2 heterocycles. The van der Waals surface area contributed by atoms with Gasteiger partial charge >= 0.3 is 0 Å². The van der Waals surface area contributed by atoms with Crippen molar-refractivity contribution in [2.75, 3.05) is 19.7 Å². The minimum Gasteiger partial charge on any atom is -0.487 e. The molecule has 0 aromatic heterocycles. The number of amides is 1. The molecule has 114 valence electrons. The summed E-state index contributed by atoms with van der Waals surface area (Å²) >= 11 is 0. The van der Waals surface area contributed by atoms with Gasteiger partial charge in [-0.25, -0.2) is 4.39 Å². The smallest absolute Gasteiger partial charge is 0.252 e. The predicted octanol–water partition coefficient (Wildman–Crippen LogP) is 1.21. The van der Waals surface area contributed by atoms with E-state index in [1.807, 2.05) is 0 Å². The van der Waals surface area contributed by atoms with Gasteiger partial charge in [-0.15, -0.1) is 0 Å². The summed E-state index contributed by atoms with van der Waals surface area (Å²) in [7, 11) is 0. The number of hydrogen-bond acceptors (Lipinski definition) is 4. The number of ether oxygens (including phenoxy) is 2. The van der Waals surface area contributed by atoms with Gasteiger partial charge in [-0.05, 0) is 44.1 Å². The lowest BCUT2D eigenvalue weighted by atomic mass is 9.89. The Morgan fingerprint density at radius 3 is 2.90 bits per heavy atom. The molecule has 0 radical (unpaired) electrons. The Kier molecular flexibility index (Phi) is 3.82. The molecule has 21 heavy (non-hydrogen) atoms. The van der Waals surface area contributed by atoms with E-state index in [9.17, 15) is 9.18 Å². The first-order valence-corrected chi connectivity index (χ1v) is 7.19. The van der Waals surface area contributed by atoms with Gasteiger partial charge < -0.3 is 20.5 Å². The van der Waals surface area contributed by atoms with E-state index in [0.29, 0.717) is 12.4 Å². The summed E-state index contributed by atoms with van der Waals surface area (Å²) in [6.07, 6.45) is 2.56. The number of nitrogens with two attached hydrogens (primary N) is 1. The second-order valence-electron chi connectivity index (χ2n) is 5.69. The average Bonchev–Trinajstić information content (AvgIpc) is 2.84. The Hall–Kier alpha value is -1.66. The highest BCUT2D eigenvalue weighted by Gasteiger charge is 2.42. The number of halogens is 1. The maximum absolute atomic E-state index is 13.2. The van der Waals surface area contributed by atoms with Crippen molar-refractivity contribution in [3.8, 4) is 5.75 Å². The SMILES string of the molecule is NC(=O)c1cc(F)ccc1OC1COC2(CCNCC2)C1. The fraction of sp³-hybridized carbons (Fsp3) is 0.533. The highest BCUT2D eigenvalue weighted by molar-refractivity contribution is 5.95. The van der Waals surface area contributed by atoms with Crippen LogP contribution in [0.2, 0.25) is 0 Å². The van der Waals surface area contributed by atoms with Crippen molar-refractivity contribution in [2.24, 2.45) is 5.73 Å². The average molecular weight is 294 g/mol. The summed E-state index contributed by atoms with van der Waals surface area (Å²) in [4.78, 5) is 11.4. The lowest BCUT2D eigenvalue weighted by Crippen LogP contribution is -2.41. The largest absolute Gasteiger partial charge is 0.487 e. The second-order valence-corrected chi connectivity index (χ2v) is 5.69. The van der Waals surface area contributed by atoms with E-state index in [0.717, 1.165) is 38.4 Å². The van der Waals surface area contributed by atoms with Gasteiger partial charge in [0.2, 0.25) is 0 Å². The molecule has 2 fully saturated rings. The summed E-state index contributed by atoms with van der Waals surface area (Å²) in [6, 6.07) is 3.81. The van der Waals surface area contributed by atoms with Crippen LogP contribution in [0.25, 0.3) is 0 Å². The maximum atomic E-state index is 13.2. The van der Waals surface area contributed by atoms with Gasteiger partial charge in [0, 0.05) is 6.42 Å². The summed E-state index contributed by atoms with van der Waals surface area (Å²) in [5, 5.41) is 3.31. The highest BCUT2D eigenvalue weighted by Crippen LogP contribution is 2.36. The summed E-state index contributed by atoms with van der Waals surface area (Å²) in [6.45, 7) is 2.36. The van der Waals surface area contributed by atoms with Crippen LogP contribution < -0.4 is 15.8 Å². The van der Waals surface area contributed by atoms with Crippen LogP contribution in [0.3, 0.4) is 0 Å². The molecule has 3 N–H and O–H groups in total. The number of hydrogen-bond donors (Lipinski definition) is 2. The zero-order valence-electron chi connectivity index (χ0n) is 11.7. The van der Waals surface area contributed by atoms with E-state index in [4.69, 9.17) is 15.2 Å². The third-order valence-corrected chi connectivity index (χ3v) is 4.19. The molecule has 3 rings (SSSR count). The maximum Gasteiger partial charge on any atom is 0.252 e. The van der Waals surface area contributed by atoms with E-state index in [2.05, 4.69) is 5.32 Å². The van der Waals surface area contributed by atoms with E-state index in [1.54, 1.807) is 0 Å². The van der Waals surface area contributed by atoms with E-state index >= 15 is 0 Å². The Labute approximate surface area is 122 Å². The highest BCUT2D eigenvalue weighted by atomic mass is 19.1. The summed E-state index contributed by atoms with van der Waals surface area (Å²) < 4.78 is 25.0. The minimum atomic E-state index is -0.694. The van der Waals surface area contributed by atoms with Crippen LogP contribution >= 0.6 is 0 Å². The van der Waals surface area contributed by atoms with Crippen molar-refractivity contribution < 1.29 is 18.7 Å². The number of benzene rings is 1. The van der Waals surface area contributed by atoms with Crippen LogP contribution in [0.4, 0.5) is 4.39 Å². The Morgan fingerprint density at radius 1 is 1.43 bits per heavy atom. The van der Waals surface area contributed by atoms with Crippen LogP contribution in [0, 0.1) is 5.82 Å². The van der Waals surface area contributed by atoms with E-state index in [1.165, 1.54) is 12.1 Å². The molecule has 5 nitrogen and oxygen atoms in total. The zero-order valence-corrected chi connectivity index (χ0v) is 11.7. The quantitative estimate of drug-likeness (QED) is 0.879. The predicted molar refractivity (Wildman–Crippen MR) is 74.7 cm³/mol. The van der Waals surface area contributed by atoms with E-state index < -0.39 is 11.7 Å². The fourth-order valence-electron chi connectivity index (χ4n) is 3.09. The van der Waals surface area contributed by atoms with Crippen molar-refractivity contribution in [3.05, 3.63) is 29.6 Å². The number of carbonyl (C=O) groups excluding carboxylic acids is 1. The molecular formula is C15H19FN2O3. The Bertz CT molecular complexity index is 544. The normalized spacial score (nSPS) is 24.1. The standard InChI is InChI=1S/C15H19FN2O3/c16-10-1-2-13(12(7-10)14(17)19)21-11-8-15(20-9-11)3-5-18-6-4-15/h1-2,7,11,18H,3-6,8-9H2,(H2,17,19). The molecule has 2 aliphatic heterocycles. The van der Waals surface area contributed by atoms with Gasteiger partial charge in [-0.1, -0.05) is 0 Å². The Morgan fingerprint density at radius 2 is 2.19 bits per heavy atom. The lowest BCUT2D eigenvalue weighted by Gasteiger charge is -2.32. The van der Waals surface area contributed by atoms with Crippen LogP contribution in [0.1, 0.15) is 29.6 Å². The minimum absolute atomic E-state index is 0.0706. The molecule has 0 aliphatic carbocycles. The molecule has 0 saturated carbocycles. The first-order valence-electron chi connectivity index (χ1n) is 7.19. The molecule has 1 aromatic rings.